The normalized spacial score (nSPS) is 12.7. The fourth-order valence-electron chi connectivity index (χ4n) is 1.55. The molecule has 0 saturated carbocycles. The first-order chi connectivity index (χ1) is 7.26. The standard InChI is InChI=1S/C13H20ClN/c1-3-13(8-9-14)15-10-12-6-4-11(2)5-7-12/h4-7,13,15H,3,8-10H2,1-2H3. The summed E-state index contributed by atoms with van der Waals surface area (Å²) in [5, 5.41) is 3.52. The van der Waals surface area contributed by atoms with E-state index in [9.17, 15) is 0 Å². The van der Waals surface area contributed by atoms with Gasteiger partial charge in [0.1, 0.15) is 0 Å². The van der Waals surface area contributed by atoms with E-state index in [4.69, 9.17) is 11.6 Å². The largest absolute Gasteiger partial charge is 0.310 e. The third kappa shape index (κ3) is 4.67. The van der Waals surface area contributed by atoms with Gasteiger partial charge in [0.05, 0.1) is 0 Å². The minimum absolute atomic E-state index is 0.545. The molecule has 0 saturated heterocycles. The van der Waals surface area contributed by atoms with Crippen LogP contribution >= 0.6 is 11.6 Å². The van der Waals surface area contributed by atoms with Crippen molar-refractivity contribution in [2.45, 2.75) is 39.3 Å². The molecule has 0 heterocycles. The van der Waals surface area contributed by atoms with E-state index in [1.54, 1.807) is 0 Å². The summed E-state index contributed by atoms with van der Waals surface area (Å²) in [6.07, 6.45) is 2.18. The third-order valence-corrected chi connectivity index (χ3v) is 2.88. The van der Waals surface area contributed by atoms with E-state index < -0.39 is 0 Å². The molecule has 0 bridgehead atoms. The van der Waals surface area contributed by atoms with Crippen molar-refractivity contribution in [1.82, 2.24) is 5.32 Å². The van der Waals surface area contributed by atoms with Crippen LogP contribution in [0.2, 0.25) is 0 Å². The number of rotatable bonds is 6. The van der Waals surface area contributed by atoms with Gasteiger partial charge in [-0.15, -0.1) is 11.6 Å². The maximum atomic E-state index is 5.74. The summed E-state index contributed by atoms with van der Waals surface area (Å²) in [5.74, 6) is 0.736. The number of benzene rings is 1. The van der Waals surface area contributed by atoms with E-state index in [1.165, 1.54) is 11.1 Å². The summed E-state index contributed by atoms with van der Waals surface area (Å²) in [7, 11) is 0. The van der Waals surface area contributed by atoms with Crippen LogP contribution in [0.5, 0.6) is 0 Å². The molecule has 84 valence electrons. The fourth-order valence-corrected chi connectivity index (χ4v) is 1.81. The first-order valence-electron chi connectivity index (χ1n) is 5.61. The van der Waals surface area contributed by atoms with Crippen LogP contribution in [0, 0.1) is 6.92 Å². The number of hydrogen-bond donors (Lipinski definition) is 1. The van der Waals surface area contributed by atoms with Crippen molar-refractivity contribution in [2.75, 3.05) is 5.88 Å². The second-order valence-corrected chi connectivity index (χ2v) is 4.33. The second kappa shape index (κ2) is 6.86. The van der Waals surface area contributed by atoms with Crippen molar-refractivity contribution in [2.24, 2.45) is 0 Å². The molecule has 0 spiro atoms. The topological polar surface area (TPSA) is 12.0 Å². The number of alkyl halides is 1. The van der Waals surface area contributed by atoms with Gasteiger partial charge in [0, 0.05) is 18.5 Å². The predicted molar refractivity (Wildman–Crippen MR) is 67.4 cm³/mol. The lowest BCUT2D eigenvalue weighted by Crippen LogP contribution is -2.28. The summed E-state index contributed by atoms with van der Waals surface area (Å²) >= 11 is 5.74. The van der Waals surface area contributed by atoms with Crippen LogP contribution in [0.25, 0.3) is 0 Å². The van der Waals surface area contributed by atoms with Gasteiger partial charge >= 0.3 is 0 Å². The molecule has 0 aromatic heterocycles. The third-order valence-electron chi connectivity index (χ3n) is 2.67. The quantitative estimate of drug-likeness (QED) is 0.731. The van der Waals surface area contributed by atoms with Gasteiger partial charge in [-0.25, -0.2) is 0 Å². The lowest BCUT2D eigenvalue weighted by Gasteiger charge is -2.15. The lowest BCUT2D eigenvalue weighted by molar-refractivity contribution is 0.486. The first kappa shape index (κ1) is 12.5. The van der Waals surface area contributed by atoms with Crippen molar-refractivity contribution < 1.29 is 0 Å². The Morgan fingerprint density at radius 3 is 2.47 bits per heavy atom. The Bertz CT molecular complexity index is 268. The number of halogens is 1. The Morgan fingerprint density at radius 2 is 1.93 bits per heavy atom. The number of hydrogen-bond acceptors (Lipinski definition) is 1. The predicted octanol–water partition coefficient (Wildman–Crippen LogP) is 3.49. The van der Waals surface area contributed by atoms with E-state index in [0.717, 1.165) is 25.3 Å². The maximum Gasteiger partial charge on any atom is 0.0238 e. The zero-order valence-electron chi connectivity index (χ0n) is 9.59. The number of aryl methyl sites for hydroxylation is 1. The highest BCUT2D eigenvalue weighted by atomic mass is 35.5. The SMILES string of the molecule is CCC(CCCl)NCc1ccc(C)cc1. The molecular weight excluding hydrogens is 206 g/mol. The van der Waals surface area contributed by atoms with E-state index in [2.05, 4.69) is 43.4 Å². The molecule has 1 unspecified atom stereocenters. The zero-order valence-corrected chi connectivity index (χ0v) is 10.3. The minimum atomic E-state index is 0.545. The molecule has 0 fully saturated rings. The van der Waals surface area contributed by atoms with Crippen LogP contribution in [0.4, 0.5) is 0 Å². The summed E-state index contributed by atoms with van der Waals surface area (Å²) < 4.78 is 0. The van der Waals surface area contributed by atoms with Gasteiger partial charge in [-0.2, -0.15) is 0 Å². The molecule has 15 heavy (non-hydrogen) atoms. The molecule has 0 radical (unpaired) electrons. The molecule has 0 amide bonds. The molecule has 2 heteroatoms. The average molecular weight is 226 g/mol. The first-order valence-corrected chi connectivity index (χ1v) is 6.14. The zero-order chi connectivity index (χ0) is 11.1. The fraction of sp³-hybridized carbons (Fsp3) is 0.538. The summed E-state index contributed by atoms with van der Waals surface area (Å²) in [6, 6.07) is 9.20. The van der Waals surface area contributed by atoms with E-state index >= 15 is 0 Å². The van der Waals surface area contributed by atoms with E-state index in [-0.39, 0.29) is 0 Å². The Kier molecular flexibility index (Phi) is 5.74. The molecule has 1 atom stereocenters. The highest BCUT2D eigenvalue weighted by Crippen LogP contribution is 2.05. The van der Waals surface area contributed by atoms with Gasteiger partial charge < -0.3 is 5.32 Å². The second-order valence-electron chi connectivity index (χ2n) is 3.95. The van der Waals surface area contributed by atoms with Gasteiger partial charge in [-0.05, 0) is 25.3 Å². The maximum absolute atomic E-state index is 5.74. The smallest absolute Gasteiger partial charge is 0.0238 e. The van der Waals surface area contributed by atoms with Crippen LogP contribution in [0.15, 0.2) is 24.3 Å². The Labute approximate surface area is 97.8 Å². The Hall–Kier alpha value is -0.530. The molecule has 1 nitrogen and oxygen atoms in total. The summed E-state index contributed by atoms with van der Waals surface area (Å²) in [5.41, 5.74) is 2.65. The molecule has 0 aliphatic rings. The average Bonchev–Trinajstić information content (AvgIpc) is 2.26. The molecule has 0 aliphatic heterocycles. The van der Waals surface area contributed by atoms with Crippen molar-refractivity contribution in [3.8, 4) is 0 Å². The molecule has 0 aliphatic carbocycles. The minimum Gasteiger partial charge on any atom is -0.310 e. The van der Waals surface area contributed by atoms with Crippen molar-refractivity contribution in [3.63, 3.8) is 0 Å². The molecule has 1 N–H and O–H groups in total. The van der Waals surface area contributed by atoms with Crippen LogP contribution in [-0.2, 0) is 6.54 Å². The van der Waals surface area contributed by atoms with E-state index in [1.807, 2.05) is 0 Å². The van der Waals surface area contributed by atoms with Gasteiger partial charge in [-0.3, -0.25) is 0 Å². The lowest BCUT2D eigenvalue weighted by atomic mass is 10.1. The van der Waals surface area contributed by atoms with Crippen LogP contribution in [-0.4, -0.2) is 11.9 Å². The van der Waals surface area contributed by atoms with E-state index in [0.29, 0.717) is 6.04 Å². The van der Waals surface area contributed by atoms with Crippen LogP contribution < -0.4 is 5.32 Å². The highest BCUT2D eigenvalue weighted by Gasteiger charge is 2.03. The van der Waals surface area contributed by atoms with Gasteiger partial charge in [0.25, 0.3) is 0 Å². The monoisotopic (exact) mass is 225 g/mol. The summed E-state index contributed by atoms with van der Waals surface area (Å²) in [6.45, 7) is 5.24. The van der Waals surface area contributed by atoms with Gasteiger partial charge in [-0.1, -0.05) is 36.8 Å². The van der Waals surface area contributed by atoms with Gasteiger partial charge in [0.15, 0.2) is 0 Å². The molecule has 1 aromatic rings. The number of nitrogens with one attached hydrogen (secondary N) is 1. The van der Waals surface area contributed by atoms with Crippen molar-refractivity contribution in [3.05, 3.63) is 35.4 Å². The molecule has 1 aromatic carbocycles. The van der Waals surface area contributed by atoms with Crippen molar-refractivity contribution in [1.29, 1.82) is 0 Å². The highest BCUT2D eigenvalue weighted by molar-refractivity contribution is 6.17. The Balaban J connectivity index is 2.38. The summed E-state index contributed by atoms with van der Waals surface area (Å²) in [4.78, 5) is 0. The van der Waals surface area contributed by atoms with Crippen LogP contribution in [0.3, 0.4) is 0 Å². The molecule has 1 rings (SSSR count). The molecular formula is C13H20ClN. The Morgan fingerprint density at radius 1 is 1.27 bits per heavy atom. The van der Waals surface area contributed by atoms with Crippen molar-refractivity contribution >= 4 is 11.6 Å². The van der Waals surface area contributed by atoms with Crippen LogP contribution in [0.1, 0.15) is 30.9 Å². The van der Waals surface area contributed by atoms with Gasteiger partial charge in [0.2, 0.25) is 0 Å².